The Morgan fingerprint density at radius 3 is 2.75 bits per heavy atom. The molecule has 0 fully saturated rings. The van der Waals surface area contributed by atoms with Gasteiger partial charge in [0.05, 0.1) is 12.2 Å². The summed E-state index contributed by atoms with van der Waals surface area (Å²) in [4.78, 5) is 0. The number of aliphatic hydroxyl groups is 1. The number of aryl methyl sites for hydroxylation is 1. The molecule has 1 atom stereocenters. The molecule has 0 amide bonds. The van der Waals surface area contributed by atoms with E-state index in [0.29, 0.717) is 13.0 Å². The molecule has 1 aromatic rings. The van der Waals surface area contributed by atoms with Crippen LogP contribution in [0, 0.1) is 12.7 Å². The SMILES string of the molecule is CCOCC(C)(O)Cc1cc(F)ccc1C. The summed E-state index contributed by atoms with van der Waals surface area (Å²) in [7, 11) is 0. The summed E-state index contributed by atoms with van der Waals surface area (Å²) in [5.74, 6) is -0.271. The Kier molecular flexibility index (Phi) is 4.44. The molecular weight excluding hydrogens is 207 g/mol. The molecule has 0 bridgehead atoms. The molecule has 0 saturated carbocycles. The van der Waals surface area contributed by atoms with Crippen molar-refractivity contribution in [2.45, 2.75) is 32.8 Å². The third-order valence-electron chi connectivity index (χ3n) is 2.50. The largest absolute Gasteiger partial charge is 0.387 e. The molecule has 2 nitrogen and oxygen atoms in total. The normalized spacial score (nSPS) is 14.8. The zero-order chi connectivity index (χ0) is 12.2. The summed E-state index contributed by atoms with van der Waals surface area (Å²) in [5.41, 5.74) is 0.858. The standard InChI is InChI=1S/C13H19FO2/c1-4-16-9-13(3,15)8-11-7-12(14)6-5-10(11)2/h5-7,15H,4,8-9H2,1-3H3. The average molecular weight is 226 g/mol. The van der Waals surface area contributed by atoms with Crippen LogP contribution in [0.5, 0.6) is 0 Å². The van der Waals surface area contributed by atoms with Crippen molar-refractivity contribution < 1.29 is 14.2 Å². The first kappa shape index (κ1) is 13.1. The maximum absolute atomic E-state index is 13.1. The molecule has 0 radical (unpaired) electrons. The van der Waals surface area contributed by atoms with Gasteiger partial charge in [0, 0.05) is 13.0 Å². The maximum Gasteiger partial charge on any atom is 0.123 e. The van der Waals surface area contributed by atoms with E-state index in [2.05, 4.69) is 0 Å². The average Bonchev–Trinajstić information content (AvgIpc) is 2.20. The second kappa shape index (κ2) is 5.41. The monoisotopic (exact) mass is 226 g/mol. The molecule has 0 saturated heterocycles. The molecule has 1 aromatic carbocycles. The Labute approximate surface area is 96.1 Å². The van der Waals surface area contributed by atoms with Crippen molar-refractivity contribution >= 4 is 0 Å². The van der Waals surface area contributed by atoms with E-state index in [-0.39, 0.29) is 12.4 Å². The Morgan fingerprint density at radius 2 is 2.12 bits per heavy atom. The number of rotatable bonds is 5. The summed E-state index contributed by atoms with van der Waals surface area (Å²) in [6, 6.07) is 4.62. The summed E-state index contributed by atoms with van der Waals surface area (Å²) in [6.07, 6.45) is 0.399. The van der Waals surface area contributed by atoms with Crippen LogP contribution >= 0.6 is 0 Å². The van der Waals surface area contributed by atoms with Gasteiger partial charge in [0.2, 0.25) is 0 Å². The molecule has 0 aliphatic heterocycles. The molecule has 3 heteroatoms. The van der Waals surface area contributed by atoms with Crippen molar-refractivity contribution in [2.75, 3.05) is 13.2 Å². The lowest BCUT2D eigenvalue weighted by molar-refractivity contribution is -0.0297. The Bertz CT molecular complexity index is 348. The highest BCUT2D eigenvalue weighted by Gasteiger charge is 2.22. The number of benzene rings is 1. The number of ether oxygens (including phenoxy) is 1. The van der Waals surface area contributed by atoms with Gasteiger partial charge < -0.3 is 9.84 Å². The highest BCUT2D eigenvalue weighted by atomic mass is 19.1. The van der Waals surface area contributed by atoms with E-state index >= 15 is 0 Å². The molecular formula is C13H19FO2. The maximum atomic E-state index is 13.1. The van der Waals surface area contributed by atoms with Gasteiger partial charge in [0.1, 0.15) is 5.82 Å². The van der Waals surface area contributed by atoms with Gasteiger partial charge in [-0.15, -0.1) is 0 Å². The van der Waals surface area contributed by atoms with Crippen LogP contribution in [0.3, 0.4) is 0 Å². The van der Waals surface area contributed by atoms with E-state index in [9.17, 15) is 9.50 Å². The lowest BCUT2D eigenvalue weighted by Crippen LogP contribution is -2.33. The topological polar surface area (TPSA) is 29.5 Å². The molecule has 16 heavy (non-hydrogen) atoms. The second-order valence-corrected chi connectivity index (χ2v) is 4.38. The molecule has 0 aliphatic carbocycles. The zero-order valence-corrected chi connectivity index (χ0v) is 10.1. The highest BCUT2D eigenvalue weighted by Crippen LogP contribution is 2.18. The van der Waals surface area contributed by atoms with Gasteiger partial charge in [-0.3, -0.25) is 0 Å². The van der Waals surface area contributed by atoms with Crippen LogP contribution in [0.25, 0.3) is 0 Å². The number of hydrogen-bond acceptors (Lipinski definition) is 2. The van der Waals surface area contributed by atoms with Crippen LogP contribution in [-0.2, 0) is 11.2 Å². The van der Waals surface area contributed by atoms with Gasteiger partial charge in [-0.1, -0.05) is 6.07 Å². The fourth-order valence-corrected chi connectivity index (χ4v) is 1.61. The van der Waals surface area contributed by atoms with E-state index in [4.69, 9.17) is 4.74 Å². The molecule has 1 rings (SSSR count). The lowest BCUT2D eigenvalue weighted by Gasteiger charge is -2.23. The van der Waals surface area contributed by atoms with Gasteiger partial charge in [-0.25, -0.2) is 4.39 Å². The first-order valence-corrected chi connectivity index (χ1v) is 5.50. The van der Waals surface area contributed by atoms with Crippen LogP contribution in [0.4, 0.5) is 4.39 Å². The minimum Gasteiger partial charge on any atom is -0.387 e. The van der Waals surface area contributed by atoms with Crippen molar-refractivity contribution in [3.8, 4) is 0 Å². The van der Waals surface area contributed by atoms with E-state index < -0.39 is 5.60 Å². The minimum absolute atomic E-state index is 0.263. The third kappa shape index (κ3) is 3.91. The second-order valence-electron chi connectivity index (χ2n) is 4.38. The van der Waals surface area contributed by atoms with Crippen molar-refractivity contribution in [1.82, 2.24) is 0 Å². The Hall–Kier alpha value is -0.930. The summed E-state index contributed by atoms with van der Waals surface area (Å²) >= 11 is 0. The molecule has 0 aliphatic rings. The van der Waals surface area contributed by atoms with Crippen LogP contribution in [0.2, 0.25) is 0 Å². The fraction of sp³-hybridized carbons (Fsp3) is 0.538. The molecule has 0 heterocycles. The van der Waals surface area contributed by atoms with Crippen molar-refractivity contribution in [1.29, 1.82) is 0 Å². The smallest absolute Gasteiger partial charge is 0.123 e. The number of hydrogen-bond donors (Lipinski definition) is 1. The third-order valence-corrected chi connectivity index (χ3v) is 2.50. The van der Waals surface area contributed by atoms with E-state index in [0.717, 1.165) is 11.1 Å². The van der Waals surface area contributed by atoms with Gasteiger partial charge in [-0.05, 0) is 44.0 Å². The quantitative estimate of drug-likeness (QED) is 0.835. The van der Waals surface area contributed by atoms with E-state index in [1.54, 1.807) is 13.0 Å². The van der Waals surface area contributed by atoms with Gasteiger partial charge >= 0.3 is 0 Å². The van der Waals surface area contributed by atoms with Crippen molar-refractivity contribution in [2.24, 2.45) is 0 Å². The fourth-order valence-electron chi connectivity index (χ4n) is 1.61. The first-order valence-electron chi connectivity index (χ1n) is 5.50. The number of halogens is 1. The Morgan fingerprint density at radius 1 is 1.44 bits per heavy atom. The molecule has 0 aromatic heterocycles. The van der Waals surface area contributed by atoms with Crippen molar-refractivity contribution in [3.05, 3.63) is 35.1 Å². The van der Waals surface area contributed by atoms with Crippen LogP contribution in [0.1, 0.15) is 25.0 Å². The van der Waals surface area contributed by atoms with E-state index in [1.807, 2.05) is 13.8 Å². The molecule has 1 N–H and O–H groups in total. The van der Waals surface area contributed by atoms with E-state index in [1.165, 1.54) is 12.1 Å². The molecule has 0 spiro atoms. The predicted octanol–water partition coefficient (Wildman–Crippen LogP) is 2.46. The van der Waals surface area contributed by atoms with Gasteiger partial charge in [0.15, 0.2) is 0 Å². The lowest BCUT2D eigenvalue weighted by atomic mass is 9.94. The zero-order valence-electron chi connectivity index (χ0n) is 10.1. The van der Waals surface area contributed by atoms with Gasteiger partial charge in [0.25, 0.3) is 0 Å². The highest BCUT2D eigenvalue weighted by molar-refractivity contribution is 5.27. The summed E-state index contributed by atoms with van der Waals surface area (Å²) in [6.45, 7) is 6.32. The first-order chi connectivity index (χ1) is 7.44. The molecule has 1 unspecified atom stereocenters. The van der Waals surface area contributed by atoms with Crippen molar-refractivity contribution in [3.63, 3.8) is 0 Å². The Balaban J connectivity index is 2.74. The predicted molar refractivity (Wildman–Crippen MR) is 62.0 cm³/mol. The minimum atomic E-state index is -0.950. The van der Waals surface area contributed by atoms with Crippen LogP contribution < -0.4 is 0 Å². The molecule has 90 valence electrons. The van der Waals surface area contributed by atoms with Gasteiger partial charge in [-0.2, -0.15) is 0 Å². The summed E-state index contributed by atoms with van der Waals surface area (Å²) in [5, 5.41) is 10.1. The van der Waals surface area contributed by atoms with Crippen LogP contribution in [0.15, 0.2) is 18.2 Å². The van der Waals surface area contributed by atoms with Crippen LogP contribution in [-0.4, -0.2) is 23.9 Å². The summed E-state index contributed by atoms with van der Waals surface area (Å²) < 4.78 is 18.3.